The average Bonchev–Trinajstić information content (AvgIpc) is 3.48. The summed E-state index contributed by atoms with van der Waals surface area (Å²) >= 11 is 1.31. The maximum atomic E-state index is 13.5. The zero-order valence-electron chi connectivity index (χ0n) is 18.1. The quantitative estimate of drug-likeness (QED) is 0.394. The van der Waals surface area contributed by atoms with Gasteiger partial charge in [-0.1, -0.05) is 11.8 Å². The van der Waals surface area contributed by atoms with Crippen molar-refractivity contribution in [3.8, 4) is 17.2 Å². The molecule has 168 valence electrons. The van der Waals surface area contributed by atoms with Crippen LogP contribution in [0.4, 0.5) is 4.39 Å². The largest absolute Gasteiger partial charge is 0.497 e. The molecular formula is C23H26FN4O3S+. The van der Waals surface area contributed by atoms with Gasteiger partial charge in [-0.05, 0) is 36.4 Å². The summed E-state index contributed by atoms with van der Waals surface area (Å²) < 4.78 is 26.0. The van der Waals surface area contributed by atoms with Gasteiger partial charge in [-0.3, -0.25) is 9.36 Å². The van der Waals surface area contributed by atoms with Crippen LogP contribution in [0, 0.1) is 5.82 Å². The number of methoxy groups -OCH3 is 2. The Morgan fingerprint density at radius 3 is 2.53 bits per heavy atom. The normalized spacial score (nSPS) is 14.0. The van der Waals surface area contributed by atoms with Gasteiger partial charge in [-0.25, -0.2) is 4.39 Å². The second kappa shape index (κ2) is 10.1. The van der Waals surface area contributed by atoms with E-state index in [0.717, 1.165) is 31.1 Å². The van der Waals surface area contributed by atoms with Crippen molar-refractivity contribution in [2.24, 2.45) is 0 Å². The fourth-order valence-electron chi connectivity index (χ4n) is 3.87. The minimum absolute atomic E-state index is 0.0881. The van der Waals surface area contributed by atoms with Gasteiger partial charge in [0, 0.05) is 24.6 Å². The number of hydrogen-bond acceptors (Lipinski definition) is 6. The standard InChI is InChI=1S/C23H25FN4O3S/c1-30-18-9-10-19(21(13-18)31-2)20(29)15-32-23-26-25-22(14-27-11-3-4-12-27)28(23)17-7-5-16(24)6-8-17/h5-10,13H,3-4,11-12,14-15H2,1-2H3/p+1. The molecule has 7 nitrogen and oxygen atoms in total. The molecule has 2 aromatic carbocycles. The van der Waals surface area contributed by atoms with E-state index in [1.165, 1.54) is 48.7 Å². The maximum Gasteiger partial charge on any atom is 0.196 e. The van der Waals surface area contributed by atoms with Crippen LogP contribution in [-0.4, -0.2) is 53.6 Å². The van der Waals surface area contributed by atoms with Gasteiger partial charge in [0.15, 0.2) is 16.8 Å². The third-order valence-corrected chi connectivity index (χ3v) is 6.47. The van der Waals surface area contributed by atoms with E-state index >= 15 is 0 Å². The minimum atomic E-state index is -0.301. The van der Waals surface area contributed by atoms with E-state index in [4.69, 9.17) is 9.47 Å². The first kappa shape index (κ1) is 22.3. The highest BCUT2D eigenvalue weighted by Gasteiger charge is 2.23. The number of rotatable bonds is 9. The summed E-state index contributed by atoms with van der Waals surface area (Å²) in [6.45, 7) is 2.95. The van der Waals surface area contributed by atoms with Gasteiger partial charge in [0.05, 0.1) is 38.6 Å². The SMILES string of the molecule is COc1ccc(C(=O)CSc2nnc(C[NH+]3CCCC3)n2-c2ccc(F)cc2)c(OC)c1. The van der Waals surface area contributed by atoms with Crippen molar-refractivity contribution >= 4 is 17.5 Å². The zero-order valence-corrected chi connectivity index (χ0v) is 19.0. The Morgan fingerprint density at radius 1 is 1.09 bits per heavy atom. The Morgan fingerprint density at radius 2 is 1.84 bits per heavy atom. The Hall–Kier alpha value is -2.91. The number of ketones is 1. The highest BCUT2D eigenvalue weighted by molar-refractivity contribution is 7.99. The van der Waals surface area contributed by atoms with Crippen LogP contribution in [0.3, 0.4) is 0 Å². The molecule has 1 saturated heterocycles. The van der Waals surface area contributed by atoms with Gasteiger partial charge in [-0.15, -0.1) is 10.2 Å². The molecule has 1 aromatic heterocycles. The van der Waals surface area contributed by atoms with E-state index < -0.39 is 0 Å². The molecule has 0 aliphatic carbocycles. The molecule has 0 saturated carbocycles. The lowest BCUT2D eigenvalue weighted by atomic mass is 10.1. The summed E-state index contributed by atoms with van der Waals surface area (Å²) in [5.74, 6) is 1.67. The molecule has 0 amide bonds. The number of carbonyl (C=O) groups is 1. The number of nitrogens with zero attached hydrogens (tertiary/aromatic N) is 3. The monoisotopic (exact) mass is 457 g/mol. The predicted octanol–water partition coefficient (Wildman–Crippen LogP) is 2.58. The van der Waals surface area contributed by atoms with E-state index in [1.54, 1.807) is 37.4 Å². The summed E-state index contributed by atoms with van der Waals surface area (Å²) in [7, 11) is 3.09. The second-order valence-electron chi connectivity index (χ2n) is 7.62. The van der Waals surface area contributed by atoms with Gasteiger partial charge in [0.1, 0.15) is 23.9 Å². The smallest absolute Gasteiger partial charge is 0.196 e. The first-order valence-corrected chi connectivity index (χ1v) is 11.5. The highest BCUT2D eigenvalue weighted by Crippen LogP contribution is 2.28. The number of thioether (sulfide) groups is 1. The fraction of sp³-hybridized carbons (Fsp3) is 0.348. The van der Waals surface area contributed by atoms with Crippen LogP contribution in [0.15, 0.2) is 47.6 Å². The van der Waals surface area contributed by atoms with Gasteiger partial charge in [0.2, 0.25) is 0 Å². The van der Waals surface area contributed by atoms with Gasteiger partial charge >= 0.3 is 0 Å². The van der Waals surface area contributed by atoms with E-state index in [0.29, 0.717) is 22.2 Å². The Kier molecular flexibility index (Phi) is 7.06. The van der Waals surface area contributed by atoms with E-state index in [1.807, 2.05) is 4.57 Å². The van der Waals surface area contributed by atoms with Crippen molar-refractivity contribution in [2.45, 2.75) is 24.5 Å². The van der Waals surface area contributed by atoms with Crippen molar-refractivity contribution in [1.29, 1.82) is 0 Å². The lowest BCUT2D eigenvalue weighted by Gasteiger charge is -2.14. The topological polar surface area (TPSA) is 70.7 Å². The summed E-state index contributed by atoms with van der Waals surface area (Å²) in [6.07, 6.45) is 2.42. The second-order valence-corrected chi connectivity index (χ2v) is 8.57. The molecule has 0 spiro atoms. The maximum absolute atomic E-state index is 13.5. The summed E-state index contributed by atoms with van der Waals surface area (Å²) in [6, 6.07) is 11.4. The molecule has 2 heterocycles. The van der Waals surface area contributed by atoms with Crippen LogP contribution in [0.2, 0.25) is 0 Å². The Labute approximate surface area is 190 Å². The summed E-state index contributed by atoms with van der Waals surface area (Å²) in [5, 5.41) is 9.37. The van der Waals surface area contributed by atoms with Crippen molar-refractivity contribution in [3.63, 3.8) is 0 Å². The Balaban J connectivity index is 1.57. The molecule has 0 atom stereocenters. The molecule has 9 heteroatoms. The predicted molar refractivity (Wildman–Crippen MR) is 120 cm³/mol. The van der Waals surface area contributed by atoms with Crippen LogP contribution in [0.25, 0.3) is 5.69 Å². The molecular weight excluding hydrogens is 431 g/mol. The van der Waals surface area contributed by atoms with Crippen molar-refractivity contribution < 1.29 is 23.6 Å². The number of benzene rings is 2. The van der Waals surface area contributed by atoms with Crippen LogP contribution >= 0.6 is 11.8 Å². The van der Waals surface area contributed by atoms with Crippen molar-refractivity contribution in [3.05, 3.63) is 59.7 Å². The van der Waals surface area contributed by atoms with E-state index in [-0.39, 0.29) is 17.4 Å². The number of carbonyl (C=O) groups excluding carboxylic acids is 1. The van der Waals surface area contributed by atoms with Crippen LogP contribution in [-0.2, 0) is 6.54 Å². The summed E-state index contributed by atoms with van der Waals surface area (Å²) in [4.78, 5) is 14.4. The number of hydrogen-bond donors (Lipinski definition) is 1. The average molecular weight is 458 g/mol. The van der Waals surface area contributed by atoms with Crippen LogP contribution in [0.1, 0.15) is 29.0 Å². The van der Waals surface area contributed by atoms with Gasteiger partial charge < -0.3 is 14.4 Å². The highest BCUT2D eigenvalue weighted by atomic mass is 32.2. The third kappa shape index (κ3) is 4.94. The number of Topliss-reactive ketones (excluding diaryl/α,β-unsaturated/α-hetero) is 1. The molecule has 1 aliphatic heterocycles. The molecule has 3 aromatic rings. The molecule has 1 fully saturated rings. The molecule has 0 unspecified atom stereocenters. The molecule has 0 radical (unpaired) electrons. The number of aromatic nitrogens is 3. The number of likely N-dealkylation sites (tertiary alicyclic amines) is 1. The first-order valence-electron chi connectivity index (χ1n) is 10.5. The minimum Gasteiger partial charge on any atom is -0.497 e. The molecule has 0 bridgehead atoms. The lowest BCUT2D eigenvalue weighted by molar-refractivity contribution is -0.902. The lowest BCUT2D eigenvalue weighted by Crippen LogP contribution is -3.08. The van der Waals surface area contributed by atoms with Gasteiger partial charge in [-0.2, -0.15) is 0 Å². The van der Waals surface area contributed by atoms with E-state index in [2.05, 4.69) is 10.2 Å². The molecule has 4 rings (SSSR count). The summed E-state index contributed by atoms with van der Waals surface area (Å²) in [5.41, 5.74) is 1.26. The third-order valence-electron chi connectivity index (χ3n) is 5.55. The van der Waals surface area contributed by atoms with Crippen LogP contribution < -0.4 is 14.4 Å². The first-order chi connectivity index (χ1) is 15.6. The van der Waals surface area contributed by atoms with Crippen molar-refractivity contribution in [1.82, 2.24) is 14.8 Å². The Bertz CT molecular complexity index is 1080. The number of quaternary nitrogens is 1. The van der Waals surface area contributed by atoms with Gasteiger partial charge in [0.25, 0.3) is 0 Å². The number of ether oxygens (including phenoxy) is 2. The fourth-order valence-corrected chi connectivity index (χ4v) is 4.72. The number of halogens is 1. The van der Waals surface area contributed by atoms with E-state index in [9.17, 15) is 9.18 Å². The number of nitrogens with one attached hydrogen (secondary N) is 1. The van der Waals surface area contributed by atoms with Crippen molar-refractivity contribution in [2.75, 3.05) is 33.1 Å². The van der Waals surface area contributed by atoms with Crippen LogP contribution in [0.5, 0.6) is 11.5 Å². The molecule has 1 N–H and O–H groups in total. The molecule has 1 aliphatic rings. The molecule has 32 heavy (non-hydrogen) atoms. The zero-order chi connectivity index (χ0) is 22.5.